The lowest BCUT2D eigenvalue weighted by molar-refractivity contribution is 0.0679. The van der Waals surface area contributed by atoms with Gasteiger partial charge in [0, 0.05) is 29.3 Å². The molecule has 100 valence electrons. The van der Waals surface area contributed by atoms with Gasteiger partial charge >= 0.3 is 0 Å². The molecule has 1 saturated heterocycles. The number of aromatic nitrogens is 1. The number of nitrogens with zero attached hydrogens (tertiary/aromatic N) is 1. The van der Waals surface area contributed by atoms with Gasteiger partial charge in [0.15, 0.2) is 0 Å². The van der Waals surface area contributed by atoms with Gasteiger partial charge < -0.3 is 20.7 Å². The maximum atomic E-state index is 12.6. The Bertz CT molecular complexity index is 620. The summed E-state index contributed by atoms with van der Waals surface area (Å²) in [7, 11) is 0. The normalized spacial score (nSPS) is 19.2. The maximum absolute atomic E-state index is 12.6. The summed E-state index contributed by atoms with van der Waals surface area (Å²) in [6.07, 6.45) is 3.54. The number of hydrogen-bond donors (Lipinski definition) is 3. The highest BCUT2D eigenvalue weighted by molar-refractivity contribution is 6.07. The molecule has 1 amide bonds. The molecule has 1 unspecified atom stereocenters. The summed E-state index contributed by atoms with van der Waals surface area (Å²) in [4.78, 5) is 17.4. The Labute approximate surface area is 111 Å². The molecule has 5 nitrogen and oxygen atoms in total. The number of carbonyl (C=O) groups is 1. The molecule has 5 heteroatoms. The van der Waals surface area contributed by atoms with E-state index in [0.717, 1.165) is 23.7 Å². The van der Waals surface area contributed by atoms with Crippen molar-refractivity contribution in [2.75, 3.05) is 18.9 Å². The van der Waals surface area contributed by atoms with Gasteiger partial charge in [-0.25, -0.2) is 0 Å². The monoisotopic (exact) mass is 259 g/mol. The van der Waals surface area contributed by atoms with E-state index in [-0.39, 0.29) is 18.6 Å². The highest BCUT2D eigenvalue weighted by Gasteiger charge is 2.29. The van der Waals surface area contributed by atoms with Crippen LogP contribution in [0.5, 0.6) is 0 Å². The molecule has 0 radical (unpaired) electrons. The van der Waals surface area contributed by atoms with Crippen molar-refractivity contribution < 1.29 is 9.90 Å². The van der Waals surface area contributed by atoms with E-state index in [1.807, 2.05) is 12.1 Å². The molecule has 1 aliphatic heterocycles. The summed E-state index contributed by atoms with van der Waals surface area (Å²) >= 11 is 0. The van der Waals surface area contributed by atoms with E-state index >= 15 is 0 Å². The summed E-state index contributed by atoms with van der Waals surface area (Å²) in [5, 5.41) is 10.2. The Morgan fingerprint density at radius 2 is 2.37 bits per heavy atom. The van der Waals surface area contributed by atoms with Gasteiger partial charge in [0.05, 0.1) is 18.2 Å². The SMILES string of the molecule is Nc1ccc2[nH]cc(C(=O)N3CCCC3CO)c2c1. The average Bonchev–Trinajstić information content (AvgIpc) is 3.03. The number of rotatable bonds is 2. The van der Waals surface area contributed by atoms with E-state index in [1.165, 1.54) is 0 Å². The van der Waals surface area contributed by atoms with E-state index in [2.05, 4.69) is 4.98 Å². The topological polar surface area (TPSA) is 82.4 Å². The quantitative estimate of drug-likeness (QED) is 0.712. The lowest BCUT2D eigenvalue weighted by Gasteiger charge is -2.22. The number of nitrogens with one attached hydrogen (secondary N) is 1. The number of aliphatic hydroxyl groups is 1. The van der Waals surface area contributed by atoms with Crippen LogP contribution in [0.15, 0.2) is 24.4 Å². The van der Waals surface area contributed by atoms with Crippen LogP contribution < -0.4 is 5.73 Å². The van der Waals surface area contributed by atoms with Gasteiger partial charge in [-0.3, -0.25) is 4.79 Å². The van der Waals surface area contributed by atoms with Gasteiger partial charge in [-0.15, -0.1) is 0 Å². The highest BCUT2D eigenvalue weighted by Crippen LogP contribution is 2.25. The van der Waals surface area contributed by atoms with Crippen molar-refractivity contribution in [2.45, 2.75) is 18.9 Å². The van der Waals surface area contributed by atoms with E-state index in [1.54, 1.807) is 17.2 Å². The molecular weight excluding hydrogens is 242 g/mol. The number of fused-ring (bicyclic) bond motifs is 1. The summed E-state index contributed by atoms with van der Waals surface area (Å²) in [6.45, 7) is 0.731. The number of amides is 1. The first-order valence-electron chi connectivity index (χ1n) is 6.49. The van der Waals surface area contributed by atoms with Gasteiger partial charge in [-0.2, -0.15) is 0 Å². The van der Waals surface area contributed by atoms with Crippen molar-refractivity contribution in [1.82, 2.24) is 9.88 Å². The second kappa shape index (κ2) is 4.59. The Morgan fingerprint density at radius 3 is 3.16 bits per heavy atom. The largest absolute Gasteiger partial charge is 0.399 e. The van der Waals surface area contributed by atoms with Crippen LogP contribution in [0.4, 0.5) is 5.69 Å². The standard InChI is InChI=1S/C14H17N3O2/c15-9-3-4-13-11(6-9)12(7-16-13)14(19)17-5-1-2-10(17)8-18/h3-4,6-7,10,16,18H,1-2,5,8,15H2. The first-order chi connectivity index (χ1) is 9.20. The van der Waals surface area contributed by atoms with Gasteiger partial charge in [0.25, 0.3) is 5.91 Å². The highest BCUT2D eigenvalue weighted by atomic mass is 16.3. The zero-order valence-electron chi connectivity index (χ0n) is 10.6. The van der Waals surface area contributed by atoms with Crippen LogP contribution in [0.2, 0.25) is 0 Å². The zero-order chi connectivity index (χ0) is 13.4. The minimum Gasteiger partial charge on any atom is -0.399 e. The fraction of sp³-hybridized carbons (Fsp3) is 0.357. The molecule has 1 fully saturated rings. The number of nitrogen functional groups attached to an aromatic ring is 1. The zero-order valence-corrected chi connectivity index (χ0v) is 10.6. The predicted octanol–water partition coefficient (Wildman–Crippen LogP) is 1.35. The Kier molecular flexibility index (Phi) is 2.91. The molecule has 19 heavy (non-hydrogen) atoms. The summed E-state index contributed by atoms with van der Waals surface area (Å²) < 4.78 is 0. The fourth-order valence-corrected chi connectivity index (χ4v) is 2.76. The molecule has 1 atom stereocenters. The van der Waals surface area contributed by atoms with Crippen LogP contribution in [-0.4, -0.2) is 40.1 Å². The molecule has 2 heterocycles. The molecule has 0 spiro atoms. The van der Waals surface area contributed by atoms with E-state index in [4.69, 9.17) is 5.73 Å². The van der Waals surface area contributed by atoms with E-state index < -0.39 is 0 Å². The third-order valence-electron chi connectivity index (χ3n) is 3.78. The van der Waals surface area contributed by atoms with E-state index in [9.17, 15) is 9.90 Å². The van der Waals surface area contributed by atoms with Gasteiger partial charge in [-0.05, 0) is 31.0 Å². The van der Waals surface area contributed by atoms with Crippen LogP contribution in [0.3, 0.4) is 0 Å². The van der Waals surface area contributed by atoms with Crippen molar-refractivity contribution in [3.05, 3.63) is 30.0 Å². The van der Waals surface area contributed by atoms with Gasteiger partial charge in [0.1, 0.15) is 0 Å². The van der Waals surface area contributed by atoms with Crippen molar-refractivity contribution in [2.24, 2.45) is 0 Å². The Balaban J connectivity index is 1.99. The third kappa shape index (κ3) is 1.96. The smallest absolute Gasteiger partial charge is 0.256 e. The molecule has 0 bridgehead atoms. The van der Waals surface area contributed by atoms with Crippen LogP contribution in [0.25, 0.3) is 10.9 Å². The van der Waals surface area contributed by atoms with Crippen LogP contribution in [0, 0.1) is 0 Å². The molecule has 1 aromatic heterocycles. The third-order valence-corrected chi connectivity index (χ3v) is 3.78. The first kappa shape index (κ1) is 12.0. The molecule has 0 aliphatic carbocycles. The van der Waals surface area contributed by atoms with Gasteiger partial charge in [-0.1, -0.05) is 0 Å². The van der Waals surface area contributed by atoms with Gasteiger partial charge in [0.2, 0.25) is 0 Å². The Hall–Kier alpha value is -2.01. The number of aromatic amines is 1. The van der Waals surface area contributed by atoms with Crippen LogP contribution >= 0.6 is 0 Å². The average molecular weight is 259 g/mol. The second-order valence-corrected chi connectivity index (χ2v) is 4.98. The number of hydrogen-bond acceptors (Lipinski definition) is 3. The second-order valence-electron chi connectivity index (χ2n) is 4.98. The molecule has 0 saturated carbocycles. The van der Waals surface area contributed by atoms with Crippen molar-refractivity contribution in [1.29, 1.82) is 0 Å². The fourth-order valence-electron chi connectivity index (χ4n) is 2.76. The lowest BCUT2D eigenvalue weighted by Crippen LogP contribution is -2.37. The van der Waals surface area contributed by atoms with Crippen LogP contribution in [-0.2, 0) is 0 Å². The molecule has 2 aromatic rings. The molecular formula is C14H17N3O2. The number of aliphatic hydroxyl groups excluding tert-OH is 1. The maximum Gasteiger partial charge on any atom is 0.256 e. The number of likely N-dealkylation sites (tertiary alicyclic amines) is 1. The summed E-state index contributed by atoms with van der Waals surface area (Å²) in [5.41, 5.74) is 7.95. The number of H-pyrrole nitrogens is 1. The number of benzene rings is 1. The molecule has 1 aromatic carbocycles. The molecule has 1 aliphatic rings. The minimum absolute atomic E-state index is 0.0240. The summed E-state index contributed by atoms with van der Waals surface area (Å²) in [5.74, 6) is -0.0339. The molecule has 3 rings (SSSR count). The lowest BCUT2D eigenvalue weighted by atomic mass is 10.1. The van der Waals surface area contributed by atoms with Crippen LogP contribution in [0.1, 0.15) is 23.2 Å². The Morgan fingerprint density at radius 1 is 1.53 bits per heavy atom. The minimum atomic E-state index is -0.0569. The van der Waals surface area contributed by atoms with Crippen molar-refractivity contribution in [3.8, 4) is 0 Å². The van der Waals surface area contributed by atoms with Crippen molar-refractivity contribution >= 4 is 22.5 Å². The predicted molar refractivity (Wildman–Crippen MR) is 73.9 cm³/mol. The molecule has 4 N–H and O–H groups in total. The number of carbonyl (C=O) groups excluding carboxylic acids is 1. The number of anilines is 1. The summed E-state index contributed by atoms with van der Waals surface area (Å²) in [6, 6.07) is 5.43. The van der Waals surface area contributed by atoms with E-state index in [0.29, 0.717) is 17.8 Å². The first-order valence-corrected chi connectivity index (χ1v) is 6.49. The number of nitrogens with two attached hydrogens (primary N) is 1. The van der Waals surface area contributed by atoms with Crippen molar-refractivity contribution in [3.63, 3.8) is 0 Å².